The van der Waals surface area contributed by atoms with Gasteiger partial charge in [-0.15, -0.1) is 0 Å². The molecule has 0 amide bonds. The van der Waals surface area contributed by atoms with E-state index in [1.54, 1.807) is 31.5 Å². The van der Waals surface area contributed by atoms with Gasteiger partial charge in [0, 0.05) is 23.5 Å². The van der Waals surface area contributed by atoms with E-state index in [0.717, 1.165) is 23.8 Å². The Balaban J connectivity index is 1.75. The molecule has 0 saturated heterocycles. The molecule has 0 saturated carbocycles. The van der Waals surface area contributed by atoms with Crippen LogP contribution in [0, 0.1) is 11.6 Å². The SMILES string of the molecule is COc1ccc(-c2cc3c(=O)n(Cc4cc(F)ccc4F)ccn3n2)cc1OC. The number of aromatic nitrogens is 3. The van der Waals surface area contributed by atoms with Gasteiger partial charge in [0.1, 0.15) is 17.2 Å². The van der Waals surface area contributed by atoms with Crippen LogP contribution in [0.15, 0.2) is 59.7 Å². The molecule has 8 heteroatoms. The molecule has 2 aromatic carbocycles. The first-order chi connectivity index (χ1) is 14.0. The van der Waals surface area contributed by atoms with Gasteiger partial charge in [-0.3, -0.25) is 4.79 Å². The molecule has 0 aliphatic rings. The van der Waals surface area contributed by atoms with Crippen molar-refractivity contribution < 1.29 is 18.3 Å². The van der Waals surface area contributed by atoms with Crippen molar-refractivity contribution in [2.45, 2.75) is 6.54 Å². The quantitative estimate of drug-likeness (QED) is 0.517. The molecule has 4 aromatic rings. The van der Waals surface area contributed by atoms with Crippen molar-refractivity contribution in [1.82, 2.24) is 14.2 Å². The van der Waals surface area contributed by atoms with Crippen LogP contribution in [0.2, 0.25) is 0 Å². The summed E-state index contributed by atoms with van der Waals surface area (Å²) in [4.78, 5) is 12.8. The monoisotopic (exact) mass is 397 g/mol. The second-order valence-corrected chi connectivity index (χ2v) is 6.40. The lowest BCUT2D eigenvalue weighted by Gasteiger charge is -2.08. The highest BCUT2D eigenvalue weighted by Crippen LogP contribution is 2.31. The van der Waals surface area contributed by atoms with Crippen molar-refractivity contribution >= 4 is 5.52 Å². The number of fused-ring (bicyclic) bond motifs is 1. The van der Waals surface area contributed by atoms with Crippen molar-refractivity contribution in [3.8, 4) is 22.8 Å². The van der Waals surface area contributed by atoms with Crippen molar-refractivity contribution in [3.05, 3.63) is 82.4 Å². The maximum atomic E-state index is 13.9. The number of halogens is 2. The molecule has 0 aliphatic carbocycles. The Kier molecular flexibility index (Phi) is 4.75. The fraction of sp³-hybridized carbons (Fsp3) is 0.143. The van der Waals surface area contributed by atoms with E-state index in [4.69, 9.17) is 9.47 Å². The van der Waals surface area contributed by atoms with Gasteiger partial charge < -0.3 is 14.0 Å². The third-order valence-electron chi connectivity index (χ3n) is 4.63. The van der Waals surface area contributed by atoms with Gasteiger partial charge >= 0.3 is 0 Å². The second kappa shape index (κ2) is 7.38. The van der Waals surface area contributed by atoms with Crippen molar-refractivity contribution in [2.24, 2.45) is 0 Å². The van der Waals surface area contributed by atoms with Crippen LogP contribution in [0.1, 0.15) is 5.56 Å². The van der Waals surface area contributed by atoms with E-state index in [-0.39, 0.29) is 17.7 Å². The van der Waals surface area contributed by atoms with Gasteiger partial charge in [-0.2, -0.15) is 5.10 Å². The average molecular weight is 397 g/mol. The van der Waals surface area contributed by atoms with Gasteiger partial charge in [-0.1, -0.05) is 0 Å². The van der Waals surface area contributed by atoms with E-state index in [9.17, 15) is 13.6 Å². The summed E-state index contributed by atoms with van der Waals surface area (Å²) < 4.78 is 40.7. The number of methoxy groups -OCH3 is 2. The molecule has 0 fully saturated rings. The highest BCUT2D eigenvalue weighted by molar-refractivity contribution is 5.68. The van der Waals surface area contributed by atoms with Crippen LogP contribution in [-0.2, 0) is 6.54 Å². The summed E-state index contributed by atoms with van der Waals surface area (Å²) in [5.74, 6) is -0.00569. The molecule has 148 valence electrons. The summed E-state index contributed by atoms with van der Waals surface area (Å²) >= 11 is 0. The predicted molar refractivity (Wildman–Crippen MR) is 103 cm³/mol. The molecule has 0 atom stereocenters. The smallest absolute Gasteiger partial charge is 0.276 e. The molecule has 0 N–H and O–H groups in total. The molecule has 2 aromatic heterocycles. The van der Waals surface area contributed by atoms with Gasteiger partial charge in [0.15, 0.2) is 11.5 Å². The first-order valence-electron chi connectivity index (χ1n) is 8.75. The topological polar surface area (TPSA) is 57.8 Å². The maximum absolute atomic E-state index is 13.9. The van der Waals surface area contributed by atoms with Crippen LogP contribution < -0.4 is 15.0 Å². The molecule has 2 heterocycles. The number of hydrogen-bond acceptors (Lipinski definition) is 4. The largest absolute Gasteiger partial charge is 0.493 e. The summed E-state index contributed by atoms with van der Waals surface area (Å²) in [5, 5.41) is 4.43. The number of hydrogen-bond donors (Lipinski definition) is 0. The number of benzene rings is 2. The molecule has 4 rings (SSSR count). The summed E-state index contributed by atoms with van der Waals surface area (Å²) in [5.41, 5.74) is 1.35. The maximum Gasteiger partial charge on any atom is 0.276 e. The summed E-state index contributed by atoms with van der Waals surface area (Å²) in [7, 11) is 3.09. The molecular formula is C21H17F2N3O3. The summed E-state index contributed by atoms with van der Waals surface area (Å²) in [6, 6.07) is 10.1. The Hall–Kier alpha value is -3.68. The first-order valence-corrected chi connectivity index (χ1v) is 8.75. The lowest BCUT2D eigenvalue weighted by molar-refractivity contribution is 0.355. The second-order valence-electron chi connectivity index (χ2n) is 6.40. The van der Waals surface area contributed by atoms with Crippen molar-refractivity contribution in [3.63, 3.8) is 0 Å². The minimum Gasteiger partial charge on any atom is -0.493 e. The third-order valence-corrected chi connectivity index (χ3v) is 4.63. The highest BCUT2D eigenvalue weighted by Gasteiger charge is 2.13. The number of nitrogens with zero attached hydrogens (tertiary/aromatic N) is 3. The van der Waals surface area contributed by atoms with E-state index in [1.807, 2.05) is 6.07 Å². The van der Waals surface area contributed by atoms with Crippen LogP contribution >= 0.6 is 0 Å². The van der Waals surface area contributed by atoms with E-state index in [0.29, 0.717) is 22.7 Å². The zero-order valence-electron chi connectivity index (χ0n) is 15.7. The highest BCUT2D eigenvalue weighted by atomic mass is 19.1. The van der Waals surface area contributed by atoms with E-state index < -0.39 is 11.6 Å². The molecule has 29 heavy (non-hydrogen) atoms. The van der Waals surface area contributed by atoms with Gasteiger partial charge in [-0.05, 0) is 42.5 Å². The van der Waals surface area contributed by atoms with Crippen LogP contribution in [-0.4, -0.2) is 28.4 Å². The zero-order valence-corrected chi connectivity index (χ0v) is 15.7. The standard InChI is InChI=1S/C21H17F2N3O3/c1-28-19-6-3-13(10-20(19)29-2)17-11-18-21(27)25(7-8-26(18)24-17)12-14-9-15(22)4-5-16(14)23/h3-11H,12H2,1-2H3. The average Bonchev–Trinajstić information content (AvgIpc) is 3.17. The molecule has 6 nitrogen and oxygen atoms in total. The minimum atomic E-state index is -0.572. The van der Waals surface area contributed by atoms with Gasteiger partial charge in [0.05, 0.1) is 26.5 Å². The van der Waals surface area contributed by atoms with E-state index >= 15 is 0 Å². The van der Waals surface area contributed by atoms with Crippen LogP contribution in [0.3, 0.4) is 0 Å². The predicted octanol–water partition coefficient (Wildman–Crippen LogP) is 3.51. The van der Waals surface area contributed by atoms with Gasteiger partial charge in [0.25, 0.3) is 5.56 Å². The van der Waals surface area contributed by atoms with E-state index in [2.05, 4.69) is 5.10 Å². The molecule has 0 unspecified atom stereocenters. The minimum absolute atomic E-state index is 0.0875. The number of rotatable bonds is 5. The fourth-order valence-electron chi connectivity index (χ4n) is 3.14. The Morgan fingerprint density at radius 1 is 0.966 bits per heavy atom. The molecular weight excluding hydrogens is 380 g/mol. The summed E-state index contributed by atoms with van der Waals surface area (Å²) in [6.45, 7) is -0.0875. The van der Waals surface area contributed by atoms with Crippen LogP contribution in [0.4, 0.5) is 8.78 Å². The third kappa shape index (κ3) is 3.44. The Morgan fingerprint density at radius 3 is 2.52 bits per heavy atom. The Labute approximate surface area is 164 Å². The molecule has 0 radical (unpaired) electrons. The van der Waals surface area contributed by atoms with Crippen LogP contribution in [0.25, 0.3) is 16.8 Å². The first kappa shape index (κ1) is 18.7. The Morgan fingerprint density at radius 2 is 1.76 bits per heavy atom. The molecule has 0 aliphatic heterocycles. The lowest BCUT2D eigenvalue weighted by Crippen LogP contribution is -2.22. The molecule has 0 bridgehead atoms. The fourth-order valence-corrected chi connectivity index (χ4v) is 3.14. The van der Waals surface area contributed by atoms with Gasteiger partial charge in [0.2, 0.25) is 0 Å². The van der Waals surface area contributed by atoms with Crippen molar-refractivity contribution in [1.29, 1.82) is 0 Å². The summed E-state index contributed by atoms with van der Waals surface area (Å²) in [6.07, 6.45) is 3.09. The Bertz CT molecular complexity index is 1260. The van der Waals surface area contributed by atoms with Gasteiger partial charge in [-0.25, -0.2) is 13.3 Å². The van der Waals surface area contributed by atoms with Crippen molar-refractivity contribution in [2.75, 3.05) is 14.2 Å². The normalized spacial score (nSPS) is 11.0. The lowest BCUT2D eigenvalue weighted by atomic mass is 10.1. The van der Waals surface area contributed by atoms with Crippen LogP contribution in [0.5, 0.6) is 11.5 Å². The molecule has 0 spiro atoms. The zero-order chi connectivity index (χ0) is 20.5. The number of ether oxygens (including phenoxy) is 2. The van der Waals surface area contributed by atoms with E-state index in [1.165, 1.54) is 22.4 Å².